The van der Waals surface area contributed by atoms with E-state index in [1.54, 1.807) is 11.5 Å². The summed E-state index contributed by atoms with van der Waals surface area (Å²) in [6.07, 6.45) is 8.66. The Kier molecular flexibility index (Phi) is 9.51. The second kappa shape index (κ2) is 12.1. The number of fused-ring (bicyclic) bond motifs is 1. The van der Waals surface area contributed by atoms with Gasteiger partial charge in [0, 0.05) is 19.4 Å². The fraction of sp³-hybridized carbons (Fsp3) is 0.692. The number of pyridine rings is 1. The summed E-state index contributed by atoms with van der Waals surface area (Å²) in [4.78, 5) is 41.1. The third kappa shape index (κ3) is 6.18. The fourth-order valence-electron chi connectivity index (χ4n) is 4.94. The Bertz CT molecular complexity index is 1110. The van der Waals surface area contributed by atoms with Gasteiger partial charge >= 0.3 is 5.69 Å². The zero-order valence-corrected chi connectivity index (χ0v) is 21.7. The molecule has 1 aliphatic heterocycles. The minimum Gasteiger partial charge on any atom is -0.300 e. The van der Waals surface area contributed by atoms with Gasteiger partial charge in [0.05, 0.1) is 11.6 Å². The molecule has 2 aromatic rings. The van der Waals surface area contributed by atoms with Gasteiger partial charge in [0.25, 0.3) is 5.56 Å². The topological polar surface area (TPSA) is 74.0 Å². The number of hydrogen-bond donors (Lipinski definition) is 0. The van der Waals surface area contributed by atoms with Crippen molar-refractivity contribution in [2.45, 2.75) is 91.1 Å². The third-order valence-corrected chi connectivity index (χ3v) is 8.29. The lowest BCUT2D eigenvalue weighted by atomic mass is 9.87. The van der Waals surface area contributed by atoms with Crippen molar-refractivity contribution in [3.05, 3.63) is 38.9 Å². The molecule has 0 aromatic carbocycles. The molecule has 4 rings (SSSR count). The molecular weight excluding hydrogens is 453 g/mol. The smallest absolute Gasteiger partial charge is 0.300 e. The van der Waals surface area contributed by atoms with Gasteiger partial charge in [-0.3, -0.25) is 18.7 Å². The second-order valence-corrected chi connectivity index (χ2v) is 11.1. The normalized spacial score (nSPS) is 22.1. The standard InChI is InChI=1S/C19H24FN3O2S.C7H14O.H2/c1-12-2-4-14(5-3-12)23-18(24)16-10-13(20)11-21-17(16)22(19(23)25)15-6-8-26-9-7-15;1-4-5-6(2)7(3)8;/h10-12,14-15H,2-9H2,1H3;6H,4-5H2,1-3H3;1H. The van der Waals surface area contributed by atoms with Gasteiger partial charge in [-0.05, 0) is 75.4 Å². The Morgan fingerprint density at radius 2 is 1.76 bits per heavy atom. The van der Waals surface area contributed by atoms with Crippen molar-refractivity contribution in [1.29, 1.82) is 0 Å². The Morgan fingerprint density at radius 1 is 1.15 bits per heavy atom. The fourth-order valence-corrected chi connectivity index (χ4v) is 6.02. The highest BCUT2D eigenvalue weighted by molar-refractivity contribution is 7.99. The maximum atomic E-state index is 13.8. The van der Waals surface area contributed by atoms with Crippen LogP contribution in [0.15, 0.2) is 21.9 Å². The first-order valence-electron chi connectivity index (χ1n) is 12.6. The van der Waals surface area contributed by atoms with Crippen molar-refractivity contribution < 1.29 is 10.6 Å². The van der Waals surface area contributed by atoms with Crippen molar-refractivity contribution >= 4 is 28.6 Å². The van der Waals surface area contributed by atoms with Crippen LogP contribution in [-0.4, -0.2) is 31.4 Å². The number of carbonyl (C=O) groups is 1. The summed E-state index contributed by atoms with van der Waals surface area (Å²) >= 11 is 1.88. The molecule has 8 heteroatoms. The molecule has 1 saturated carbocycles. The summed E-state index contributed by atoms with van der Waals surface area (Å²) in [6.45, 7) is 7.93. The molecule has 190 valence electrons. The largest absolute Gasteiger partial charge is 0.333 e. The first-order valence-corrected chi connectivity index (χ1v) is 13.8. The van der Waals surface area contributed by atoms with Crippen molar-refractivity contribution in [1.82, 2.24) is 14.1 Å². The van der Waals surface area contributed by atoms with E-state index in [2.05, 4.69) is 18.8 Å². The number of carbonyl (C=O) groups excluding carboxylic acids is 1. The van der Waals surface area contributed by atoms with Crippen LogP contribution in [0.4, 0.5) is 4.39 Å². The van der Waals surface area contributed by atoms with Crippen LogP contribution in [-0.2, 0) is 4.79 Å². The van der Waals surface area contributed by atoms with Crippen LogP contribution in [0.2, 0.25) is 0 Å². The predicted molar refractivity (Wildman–Crippen MR) is 139 cm³/mol. The first kappa shape index (κ1) is 26.6. The number of hydrogen-bond acceptors (Lipinski definition) is 5. The second-order valence-electron chi connectivity index (χ2n) is 9.91. The number of nitrogens with zero attached hydrogens (tertiary/aromatic N) is 3. The van der Waals surface area contributed by atoms with Crippen LogP contribution >= 0.6 is 11.8 Å². The molecule has 1 atom stereocenters. The van der Waals surface area contributed by atoms with Crippen LogP contribution in [0.3, 0.4) is 0 Å². The Labute approximate surface area is 206 Å². The highest BCUT2D eigenvalue weighted by Crippen LogP contribution is 2.32. The van der Waals surface area contributed by atoms with Gasteiger partial charge in [-0.25, -0.2) is 14.2 Å². The van der Waals surface area contributed by atoms with Crippen LogP contribution in [0, 0.1) is 17.7 Å². The lowest BCUT2D eigenvalue weighted by Gasteiger charge is -2.30. The molecular formula is C26H40FN3O3S. The molecule has 3 heterocycles. The lowest BCUT2D eigenvalue weighted by Crippen LogP contribution is -2.45. The Hall–Kier alpha value is -1.96. The summed E-state index contributed by atoms with van der Waals surface area (Å²) in [5.74, 6) is 2.65. The molecule has 0 N–H and O–H groups in total. The quantitative estimate of drug-likeness (QED) is 0.528. The van der Waals surface area contributed by atoms with Gasteiger partial charge in [-0.15, -0.1) is 0 Å². The minimum absolute atomic E-state index is 0. The van der Waals surface area contributed by atoms with Crippen molar-refractivity contribution in [2.75, 3.05) is 11.5 Å². The summed E-state index contributed by atoms with van der Waals surface area (Å²) in [5, 5.41) is 0.224. The monoisotopic (exact) mass is 493 g/mol. The molecule has 2 aliphatic rings. The number of aromatic nitrogens is 3. The van der Waals surface area contributed by atoms with E-state index in [9.17, 15) is 18.8 Å². The highest BCUT2D eigenvalue weighted by Gasteiger charge is 2.28. The van der Waals surface area contributed by atoms with Gasteiger partial charge in [-0.1, -0.05) is 27.2 Å². The third-order valence-electron chi connectivity index (χ3n) is 7.25. The predicted octanol–water partition coefficient (Wildman–Crippen LogP) is 5.77. The molecule has 34 heavy (non-hydrogen) atoms. The Morgan fingerprint density at radius 3 is 2.32 bits per heavy atom. The average Bonchev–Trinajstić information content (AvgIpc) is 2.82. The van der Waals surface area contributed by atoms with E-state index in [0.29, 0.717) is 17.3 Å². The number of thioether (sulfide) groups is 1. The minimum atomic E-state index is -0.539. The maximum Gasteiger partial charge on any atom is 0.333 e. The van der Waals surface area contributed by atoms with Gasteiger partial charge in [-0.2, -0.15) is 11.8 Å². The molecule has 0 bridgehead atoms. The van der Waals surface area contributed by atoms with Crippen molar-refractivity contribution in [3.8, 4) is 0 Å². The maximum absolute atomic E-state index is 13.8. The average molecular weight is 494 g/mol. The summed E-state index contributed by atoms with van der Waals surface area (Å²) in [7, 11) is 0. The van der Waals surface area contributed by atoms with Crippen LogP contribution < -0.4 is 11.2 Å². The molecule has 0 amide bonds. The molecule has 6 nitrogen and oxygen atoms in total. The molecule has 1 aliphatic carbocycles. The first-order chi connectivity index (χ1) is 16.2. The van der Waals surface area contributed by atoms with E-state index in [0.717, 1.165) is 69.1 Å². The van der Waals surface area contributed by atoms with E-state index in [1.165, 1.54) is 10.6 Å². The number of halogens is 1. The van der Waals surface area contributed by atoms with Crippen LogP contribution in [0.25, 0.3) is 11.0 Å². The number of rotatable bonds is 5. The Balaban J connectivity index is 0.000000418. The summed E-state index contributed by atoms with van der Waals surface area (Å²) in [6, 6.07) is 1.17. The molecule has 0 spiro atoms. The van der Waals surface area contributed by atoms with Gasteiger partial charge in [0.2, 0.25) is 0 Å². The van der Waals surface area contributed by atoms with Crippen molar-refractivity contribution in [2.24, 2.45) is 11.8 Å². The number of ketones is 1. The van der Waals surface area contributed by atoms with Gasteiger partial charge < -0.3 is 0 Å². The molecule has 1 saturated heterocycles. The molecule has 0 radical (unpaired) electrons. The van der Waals surface area contributed by atoms with Gasteiger partial charge in [0.1, 0.15) is 17.2 Å². The summed E-state index contributed by atoms with van der Waals surface area (Å²) in [5.41, 5.74) is -0.324. The lowest BCUT2D eigenvalue weighted by molar-refractivity contribution is -0.120. The highest BCUT2D eigenvalue weighted by atomic mass is 32.2. The zero-order chi connectivity index (χ0) is 24.8. The molecule has 2 fully saturated rings. The van der Waals surface area contributed by atoms with Crippen LogP contribution in [0.5, 0.6) is 0 Å². The van der Waals surface area contributed by atoms with Crippen molar-refractivity contribution in [3.63, 3.8) is 0 Å². The van der Waals surface area contributed by atoms with E-state index >= 15 is 0 Å². The van der Waals surface area contributed by atoms with E-state index in [4.69, 9.17) is 0 Å². The van der Waals surface area contributed by atoms with Crippen LogP contribution in [0.1, 0.15) is 92.6 Å². The summed E-state index contributed by atoms with van der Waals surface area (Å²) < 4.78 is 16.9. The van der Waals surface area contributed by atoms with E-state index in [1.807, 2.05) is 18.7 Å². The number of Topliss-reactive ketones (excluding diaryl/α,β-unsaturated/α-hetero) is 1. The van der Waals surface area contributed by atoms with E-state index in [-0.39, 0.29) is 30.5 Å². The SMILES string of the molecule is CC1CCC(n2c(=O)c3cc(F)cnc3n(C3CCSCC3)c2=O)CC1.CCCC(C)C(C)=O.[HH]. The zero-order valence-electron chi connectivity index (χ0n) is 20.9. The van der Waals surface area contributed by atoms with Gasteiger partial charge in [0.15, 0.2) is 0 Å². The van der Waals surface area contributed by atoms with E-state index < -0.39 is 11.4 Å². The molecule has 2 aromatic heterocycles. The molecule has 1 unspecified atom stereocenters.